The zero-order valence-electron chi connectivity index (χ0n) is 14.2. The lowest BCUT2D eigenvalue weighted by Gasteiger charge is -2.29. The van der Waals surface area contributed by atoms with E-state index in [0.29, 0.717) is 6.61 Å². The first-order valence-electron chi connectivity index (χ1n) is 8.51. The third kappa shape index (κ3) is 4.83. The van der Waals surface area contributed by atoms with Crippen molar-refractivity contribution in [1.29, 1.82) is 0 Å². The summed E-state index contributed by atoms with van der Waals surface area (Å²) < 4.78 is 7.86. The highest BCUT2D eigenvalue weighted by atomic mass is 79.9. The van der Waals surface area contributed by atoms with E-state index < -0.39 is 0 Å². The van der Waals surface area contributed by atoms with E-state index in [0.717, 1.165) is 43.9 Å². The molecule has 2 nitrogen and oxygen atoms in total. The molecule has 25 heavy (non-hydrogen) atoms. The second kappa shape index (κ2) is 8.65. The molecule has 0 saturated carbocycles. The first-order chi connectivity index (χ1) is 12.0. The van der Waals surface area contributed by atoms with E-state index >= 15 is 0 Å². The lowest BCUT2D eigenvalue weighted by Crippen LogP contribution is -2.34. The van der Waals surface area contributed by atoms with Crippen molar-refractivity contribution in [2.45, 2.75) is 32.8 Å². The summed E-state index contributed by atoms with van der Waals surface area (Å²) in [5.74, 6) is 0.811. The molecule has 1 aliphatic heterocycles. The summed E-state index contributed by atoms with van der Waals surface area (Å²) in [4.78, 5) is 3.23. The second-order valence-corrected chi connectivity index (χ2v) is 8.49. The van der Waals surface area contributed by atoms with Crippen molar-refractivity contribution in [1.82, 2.24) is 4.90 Å². The number of hydrogen-bond donors (Lipinski definition) is 0. The van der Waals surface area contributed by atoms with Crippen molar-refractivity contribution in [2.75, 3.05) is 13.1 Å². The van der Waals surface area contributed by atoms with E-state index in [2.05, 4.69) is 80.1 Å². The summed E-state index contributed by atoms with van der Waals surface area (Å²) in [5, 5.41) is 0. The summed E-state index contributed by atoms with van der Waals surface area (Å²) in [6.07, 6.45) is 3.75. The molecule has 0 bridgehead atoms. The van der Waals surface area contributed by atoms with Crippen LogP contribution in [0.3, 0.4) is 0 Å². The van der Waals surface area contributed by atoms with Gasteiger partial charge in [0.2, 0.25) is 0 Å². The highest BCUT2D eigenvalue weighted by Crippen LogP contribution is 2.36. The Morgan fingerprint density at radius 3 is 2.24 bits per heavy atom. The van der Waals surface area contributed by atoms with E-state index in [1.165, 1.54) is 24.8 Å². The van der Waals surface area contributed by atoms with Gasteiger partial charge in [-0.2, -0.15) is 0 Å². The van der Waals surface area contributed by atoms with Crippen LogP contribution in [0.5, 0.6) is 5.75 Å². The Labute approximate surface area is 171 Å². The summed E-state index contributed by atoms with van der Waals surface area (Å²) >= 11 is 13.0. The van der Waals surface area contributed by atoms with Gasteiger partial charge in [-0.05, 0) is 75.7 Å². The lowest BCUT2D eigenvalue weighted by molar-refractivity contribution is 0.302. The van der Waals surface area contributed by atoms with E-state index in [4.69, 9.17) is 17.0 Å². The molecule has 3 rings (SSSR count). The molecular weight excluding hydrogens is 462 g/mol. The van der Waals surface area contributed by atoms with Gasteiger partial charge >= 0.3 is 0 Å². The van der Waals surface area contributed by atoms with Crippen LogP contribution in [0.25, 0.3) is 0 Å². The molecule has 1 aliphatic rings. The number of nitrogens with zero attached hydrogens (tertiary/aromatic N) is 1. The first-order valence-corrected chi connectivity index (χ1v) is 10.5. The predicted octanol–water partition coefficient (Wildman–Crippen LogP) is 6.26. The van der Waals surface area contributed by atoms with Gasteiger partial charge in [0.1, 0.15) is 17.3 Å². The predicted molar refractivity (Wildman–Crippen MR) is 114 cm³/mol. The van der Waals surface area contributed by atoms with Gasteiger partial charge in [-0.1, -0.05) is 42.0 Å². The van der Waals surface area contributed by atoms with Gasteiger partial charge in [0.25, 0.3) is 0 Å². The third-order valence-corrected chi connectivity index (χ3v) is 6.06. The summed E-state index contributed by atoms with van der Waals surface area (Å²) in [6, 6.07) is 12.5. The molecule has 0 amide bonds. The molecule has 0 spiro atoms. The van der Waals surface area contributed by atoms with Gasteiger partial charge in [-0.25, -0.2) is 0 Å². The van der Waals surface area contributed by atoms with Crippen LogP contribution >= 0.6 is 44.1 Å². The standard InChI is InChI=1S/C20H21Br2NOS/c1-14-5-7-15(8-6-14)13-24-19-17(21)11-16(12-18(19)22)20(25)23-9-3-2-4-10-23/h5-8,11-12H,2-4,9-10,13H2,1H3. The molecular formula is C20H21Br2NOS. The zero-order valence-corrected chi connectivity index (χ0v) is 18.2. The highest BCUT2D eigenvalue weighted by Gasteiger charge is 2.18. The maximum atomic E-state index is 6.02. The van der Waals surface area contributed by atoms with Crippen molar-refractivity contribution < 1.29 is 4.74 Å². The molecule has 0 atom stereocenters. The topological polar surface area (TPSA) is 12.5 Å². The van der Waals surface area contributed by atoms with Gasteiger partial charge in [-0.15, -0.1) is 0 Å². The summed E-state index contributed by atoms with van der Waals surface area (Å²) in [7, 11) is 0. The monoisotopic (exact) mass is 481 g/mol. The minimum absolute atomic E-state index is 0.535. The van der Waals surface area contributed by atoms with E-state index in [9.17, 15) is 0 Å². The van der Waals surface area contributed by atoms with E-state index in [1.54, 1.807) is 0 Å². The van der Waals surface area contributed by atoms with Gasteiger partial charge in [-0.3, -0.25) is 0 Å². The van der Waals surface area contributed by atoms with E-state index in [-0.39, 0.29) is 0 Å². The molecule has 0 radical (unpaired) electrons. The summed E-state index contributed by atoms with van der Waals surface area (Å²) in [6.45, 7) is 4.73. The van der Waals surface area contributed by atoms with Crippen LogP contribution in [0, 0.1) is 6.92 Å². The number of piperidine rings is 1. The first kappa shape index (κ1) is 18.9. The van der Waals surface area contributed by atoms with Gasteiger partial charge in [0, 0.05) is 18.7 Å². The molecule has 0 aromatic heterocycles. The van der Waals surface area contributed by atoms with Crippen LogP contribution in [0.15, 0.2) is 45.3 Å². The molecule has 5 heteroatoms. The van der Waals surface area contributed by atoms with Gasteiger partial charge in [0.15, 0.2) is 0 Å². The van der Waals surface area contributed by atoms with Crippen LogP contribution < -0.4 is 4.74 Å². The normalized spacial score (nSPS) is 14.4. The lowest BCUT2D eigenvalue weighted by atomic mass is 10.1. The molecule has 2 aromatic rings. The average molecular weight is 483 g/mol. The highest BCUT2D eigenvalue weighted by molar-refractivity contribution is 9.11. The van der Waals surface area contributed by atoms with Crippen LogP contribution in [-0.2, 0) is 6.61 Å². The molecule has 132 valence electrons. The minimum atomic E-state index is 0.535. The number of aryl methyl sites for hydroxylation is 1. The van der Waals surface area contributed by atoms with Crippen molar-refractivity contribution >= 4 is 49.1 Å². The summed E-state index contributed by atoms with van der Waals surface area (Å²) in [5.41, 5.74) is 3.46. The Hall–Kier alpha value is -0.910. The number of benzene rings is 2. The second-order valence-electron chi connectivity index (χ2n) is 6.40. The van der Waals surface area contributed by atoms with Crippen LogP contribution in [0.2, 0.25) is 0 Å². The van der Waals surface area contributed by atoms with Gasteiger partial charge < -0.3 is 9.64 Å². The smallest absolute Gasteiger partial charge is 0.148 e. The molecule has 0 unspecified atom stereocenters. The van der Waals surface area contributed by atoms with Crippen LogP contribution in [0.1, 0.15) is 36.0 Å². The number of halogens is 2. The largest absolute Gasteiger partial charge is 0.487 e. The quantitative estimate of drug-likeness (QED) is 0.477. The van der Waals surface area contributed by atoms with Gasteiger partial charge in [0.05, 0.1) is 8.95 Å². The van der Waals surface area contributed by atoms with Crippen molar-refractivity contribution in [3.8, 4) is 5.75 Å². The fourth-order valence-electron chi connectivity index (χ4n) is 2.94. The maximum Gasteiger partial charge on any atom is 0.148 e. The van der Waals surface area contributed by atoms with Crippen LogP contribution in [0.4, 0.5) is 0 Å². The number of hydrogen-bond acceptors (Lipinski definition) is 2. The number of likely N-dealkylation sites (tertiary alicyclic amines) is 1. The average Bonchev–Trinajstić information content (AvgIpc) is 2.62. The fourth-order valence-corrected chi connectivity index (χ4v) is 4.66. The van der Waals surface area contributed by atoms with Crippen molar-refractivity contribution in [3.63, 3.8) is 0 Å². The van der Waals surface area contributed by atoms with Crippen LogP contribution in [-0.4, -0.2) is 23.0 Å². The Morgan fingerprint density at radius 2 is 1.64 bits per heavy atom. The zero-order chi connectivity index (χ0) is 17.8. The van der Waals surface area contributed by atoms with E-state index in [1.807, 2.05) is 0 Å². The van der Waals surface area contributed by atoms with Crippen molar-refractivity contribution in [2.24, 2.45) is 0 Å². The fraction of sp³-hybridized carbons (Fsp3) is 0.350. The Kier molecular flexibility index (Phi) is 6.53. The number of rotatable bonds is 4. The molecule has 0 N–H and O–H groups in total. The Bertz CT molecular complexity index is 732. The molecule has 1 heterocycles. The Morgan fingerprint density at radius 1 is 1.04 bits per heavy atom. The molecule has 1 fully saturated rings. The molecule has 2 aromatic carbocycles. The number of ether oxygens (including phenoxy) is 1. The molecule has 1 saturated heterocycles. The molecule has 0 aliphatic carbocycles. The third-order valence-electron chi connectivity index (χ3n) is 4.39. The SMILES string of the molecule is Cc1ccc(COc2c(Br)cc(C(=S)N3CCCCC3)cc2Br)cc1. The Balaban J connectivity index is 1.73. The van der Waals surface area contributed by atoms with Crippen molar-refractivity contribution in [3.05, 3.63) is 62.0 Å². The maximum absolute atomic E-state index is 6.02. The number of thiocarbonyl (C=S) groups is 1. The minimum Gasteiger partial charge on any atom is -0.487 e.